The number of nitrogens with one attached hydrogen (secondary N) is 2. The molecule has 0 atom stereocenters. The van der Waals surface area contributed by atoms with Gasteiger partial charge in [-0.3, -0.25) is 0 Å². The number of carbonyl (C=O) groups excluding carboxylic acids is 1. The first-order chi connectivity index (χ1) is 13.7. The van der Waals surface area contributed by atoms with Crippen molar-refractivity contribution >= 4 is 22.8 Å². The summed E-state index contributed by atoms with van der Waals surface area (Å²) in [7, 11) is 0. The van der Waals surface area contributed by atoms with Gasteiger partial charge in [-0.05, 0) is 60.6 Å². The molecule has 142 valence electrons. The van der Waals surface area contributed by atoms with Crippen molar-refractivity contribution in [3.8, 4) is 11.1 Å². The van der Waals surface area contributed by atoms with Crippen LogP contribution in [0.2, 0.25) is 0 Å². The molecule has 1 aromatic heterocycles. The summed E-state index contributed by atoms with van der Waals surface area (Å²) in [6.07, 6.45) is 5.74. The molecule has 5 rings (SSSR count). The zero-order valence-corrected chi connectivity index (χ0v) is 15.5. The Labute approximate surface area is 163 Å². The summed E-state index contributed by atoms with van der Waals surface area (Å²) in [5.41, 5.74) is 4.16. The van der Waals surface area contributed by atoms with E-state index in [1.807, 2.05) is 18.2 Å². The van der Waals surface area contributed by atoms with Crippen molar-refractivity contribution in [1.82, 2.24) is 15.3 Å². The van der Waals surface area contributed by atoms with Gasteiger partial charge in [-0.15, -0.1) is 0 Å². The minimum absolute atomic E-state index is 0.115. The lowest BCUT2D eigenvalue weighted by molar-refractivity contribution is 0.138. The van der Waals surface area contributed by atoms with E-state index >= 15 is 0 Å². The third-order valence-electron chi connectivity index (χ3n) is 5.05. The van der Waals surface area contributed by atoms with E-state index in [2.05, 4.69) is 44.9 Å². The summed E-state index contributed by atoms with van der Waals surface area (Å²) in [5, 5.41) is 7.35. The van der Waals surface area contributed by atoms with E-state index in [1.165, 1.54) is 12.8 Å². The van der Waals surface area contributed by atoms with Gasteiger partial charge in [-0.1, -0.05) is 24.3 Å². The summed E-state index contributed by atoms with van der Waals surface area (Å²) >= 11 is 0. The van der Waals surface area contributed by atoms with Crippen LogP contribution in [0, 0.1) is 0 Å². The summed E-state index contributed by atoms with van der Waals surface area (Å²) < 4.78 is 5.23. The van der Waals surface area contributed by atoms with Crippen molar-refractivity contribution in [1.29, 1.82) is 0 Å². The lowest BCUT2D eigenvalue weighted by Gasteiger charge is -2.10. The van der Waals surface area contributed by atoms with Gasteiger partial charge >= 0.3 is 6.09 Å². The van der Waals surface area contributed by atoms with Gasteiger partial charge in [0.25, 0.3) is 0 Å². The van der Waals surface area contributed by atoms with E-state index in [9.17, 15) is 4.79 Å². The fourth-order valence-electron chi connectivity index (χ4n) is 3.19. The third kappa shape index (κ3) is 3.91. The molecule has 0 aliphatic heterocycles. The number of anilines is 1. The number of fused-ring (bicyclic) bond motifs is 1. The summed E-state index contributed by atoms with van der Waals surface area (Å²) in [4.78, 5) is 20.6. The van der Waals surface area contributed by atoms with Crippen LogP contribution in [0.1, 0.15) is 31.2 Å². The van der Waals surface area contributed by atoms with Gasteiger partial charge in [0.2, 0.25) is 0 Å². The number of hydrogen-bond donors (Lipinski definition) is 2. The van der Waals surface area contributed by atoms with Gasteiger partial charge in [0.05, 0.1) is 5.52 Å². The fraction of sp³-hybridized carbons (Fsp3) is 0.318. The molecule has 6 nitrogen and oxygen atoms in total. The second-order valence-corrected chi connectivity index (χ2v) is 7.53. The van der Waals surface area contributed by atoms with Crippen LogP contribution in [-0.4, -0.2) is 28.2 Å². The van der Waals surface area contributed by atoms with Gasteiger partial charge in [-0.2, -0.15) is 0 Å². The number of hydrogen-bond acceptors (Lipinski definition) is 5. The predicted octanol–water partition coefficient (Wildman–Crippen LogP) is 4.26. The Kier molecular flexibility index (Phi) is 4.31. The number of rotatable bonds is 6. The molecule has 2 aliphatic rings. The summed E-state index contributed by atoms with van der Waals surface area (Å²) in [6, 6.07) is 15.0. The van der Waals surface area contributed by atoms with E-state index in [0.29, 0.717) is 12.6 Å². The number of amides is 1. The molecule has 28 heavy (non-hydrogen) atoms. The van der Waals surface area contributed by atoms with Gasteiger partial charge in [0.1, 0.15) is 18.2 Å². The monoisotopic (exact) mass is 374 g/mol. The molecular formula is C22H22N4O2. The highest BCUT2D eigenvalue weighted by atomic mass is 16.6. The summed E-state index contributed by atoms with van der Waals surface area (Å²) in [5.74, 6) is 0.898. The first-order valence-corrected chi connectivity index (χ1v) is 9.80. The van der Waals surface area contributed by atoms with Crippen LogP contribution in [0.5, 0.6) is 0 Å². The molecule has 3 aromatic rings. The Morgan fingerprint density at radius 2 is 1.89 bits per heavy atom. The molecule has 2 aromatic carbocycles. The van der Waals surface area contributed by atoms with E-state index in [-0.39, 0.29) is 12.2 Å². The van der Waals surface area contributed by atoms with Crippen molar-refractivity contribution in [2.75, 3.05) is 5.32 Å². The van der Waals surface area contributed by atoms with Gasteiger partial charge in [-0.25, -0.2) is 14.8 Å². The van der Waals surface area contributed by atoms with E-state index in [1.54, 1.807) is 6.33 Å². The highest BCUT2D eigenvalue weighted by molar-refractivity contribution is 5.92. The number of aromatic nitrogens is 2. The topological polar surface area (TPSA) is 76.1 Å². The zero-order valence-electron chi connectivity index (χ0n) is 15.5. The standard InChI is InChI=1S/C22H22N4O2/c27-22(28-18-7-8-18)23-12-14-2-1-3-15(10-14)16-4-9-20-19(11-16)21(25-13-24-20)26-17-5-6-17/h1-4,9-11,13,17-18H,5-8,12H2,(H,23,27)(H,24,25,26). The maximum Gasteiger partial charge on any atom is 0.407 e. The minimum atomic E-state index is -0.341. The maximum absolute atomic E-state index is 11.7. The third-order valence-corrected chi connectivity index (χ3v) is 5.05. The van der Waals surface area contributed by atoms with Gasteiger partial charge in [0.15, 0.2) is 0 Å². The van der Waals surface area contributed by atoms with Gasteiger partial charge < -0.3 is 15.4 Å². The fourth-order valence-corrected chi connectivity index (χ4v) is 3.19. The molecule has 0 bridgehead atoms. The normalized spacial score (nSPS) is 16.0. The van der Waals surface area contributed by atoms with Crippen molar-refractivity contribution in [3.05, 3.63) is 54.4 Å². The highest BCUT2D eigenvalue weighted by Crippen LogP contribution is 2.30. The molecule has 0 radical (unpaired) electrons. The second-order valence-electron chi connectivity index (χ2n) is 7.53. The van der Waals surface area contributed by atoms with Crippen LogP contribution in [0.15, 0.2) is 48.8 Å². The van der Waals surface area contributed by atoms with Crippen molar-refractivity contribution in [3.63, 3.8) is 0 Å². The molecule has 1 heterocycles. The lowest BCUT2D eigenvalue weighted by atomic mass is 10.0. The van der Waals surface area contributed by atoms with Crippen LogP contribution in [0.25, 0.3) is 22.0 Å². The number of benzene rings is 2. The average molecular weight is 374 g/mol. The Bertz CT molecular complexity index is 1030. The lowest BCUT2D eigenvalue weighted by Crippen LogP contribution is -2.24. The number of alkyl carbamates (subject to hydrolysis) is 1. The first kappa shape index (κ1) is 17.0. The molecule has 2 aliphatic carbocycles. The second kappa shape index (κ2) is 7.11. The van der Waals surface area contributed by atoms with Crippen LogP contribution in [0.4, 0.5) is 10.6 Å². The first-order valence-electron chi connectivity index (χ1n) is 9.80. The average Bonchev–Trinajstić information content (AvgIpc) is 3.64. The van der Waals surface area contributed by atoms with Crippen LogP contribution >= 0.6 is 0 Å². The molecular weight excluding hydrogens is 352 g/mol. The van der Waals surface area contributed by atoms with E-state index in [4.69, 9.17) is 4.74 Å². The molecule has 1 amide bonds. The Balaban J connectivity index is 1.37. The van der Waals surface area contributed by atoms with Crippen LogP contribution in [0.3, 0.4) is 0 Å². The molecule has 0 spiro atoms. The van der Waals surface area contributed by atoms with Crippen molar-refractivity contribution < 1.29 is 9.53 Å². The largest absolute Gasteiger partial charge is 0.446 e. The molecule has 0 unspecified atom stereocenters. The molecule has 2 N–H and O–H groups in total. The van der Waals surface area contributed by atoms with Crippen molar-refractivity contribution in [2.45, 2.75) is 44.4 Å². The predicted molar refractivity (Wildman–Crippen MR) is 108 cm³/mol. The number of ether oxygens (including phenoxy) is 1. The molecule has 0 saturated heterocycles. The zero-order chi connectivity index (χ0) is 18.9. The van der Waals surface area contributed by atoms with Gasteiger partial charge in [0, 0.05) is 18.0 Å². The Morgan fingerprint density at radius 1 is 1.04 bits per heavy atom. The highest BCUT2D eigenvalue weighted by Gasteiger charge is 2.25. The summed E-state index contributed by atoms with van der Waals surface area (Å²) in [6.45, 7) is 0.449. The molecule has 6 heteroatoms. The van der Waals surface area contributed by atoms with E-state index < -0.39 is 0 Å². The maximum atomic E-state index is 11.7. The van der Waals surface area contributed by atoms with Crippen molar-refractivity contribution in [2.24, 2.45) is 0 Å². The Hall–Kier alpha value is -3.15. The van der Waals surface area contributed by atoms with Crippen LogP contribution < -0.4 is 10.6 Å². The Morgan fingerprint density at radius 3 is 2.71 bits per heavy atom. The molecule has 2 saturated carbocycles. The quantitative estimate of drug-likeness (QED) is 0.674. The van der Waals surface area contributed by atoms with E-state index in [0.717, 1.165) is 46.3 Å². The van der Waals surface area contributed by atoms with Crippen LogP contribution in [-0.2, 0) is 11.3 Å². The number of nitrogens with zero attached hydrogens (tertiary/aromatic N) is 2. The minimum Gasteiger partial charge on any atom is -0.446 e. The smallest absolute Gasteiger partial charge is 0.407 e. The SMILES string of the molecule is O=C(NCc1cccc(-c2ccc3ncnc(NC4CC4)c3c2)c1)OC1CC1. The number of carbonyl (C=O) groups is 1. The molecule has 2 fully saturated rings.